The number of para-hydroxylation sites is 1. The molecule has 1 aromatic heterocycles. The summed E-state index contributed by atoms with van der Waals surface area (Å²) in [5.74, 6) is 0.905. The Morgan fingerprint density at radius 1 is 0.814 bits per heavy atom. The number of unbranched alkanes of at least 4 members (excludes halogenated alkanes) is 7. The molecule has 3 rings (SSSR count). The highest BCUT2D eigenvalue weighted by molar-refractivity contribution is 5.74. The van der Waals surface area contributed by atoms with Crippen LogP contribution in [0.15, 0.2) is 42.7 Å². The number of carbonyl (C=O) groups is 2. The Bertz CT molecular complexity index is 1000. The number of rotatable bonds is 19. The highest BCUT2D eigenvalue weighted by Crippen LogP contribution is 2.40. The van der Waals surface area contributed by atoms with E-state index in [4.69, 9.17) is 4.74 Å². The van der Waals surface area contributed by atoms with Crippen LogP contribution in [0.1, 0.15) is 160 Å². The van der Waals surface area contributed by atoms with Crippen molar-refractivity contribution >= 4 is 11.9 Å². The molecule has 1 aliphatic carbocycles. The van der Waals surface area contributed by atoms with E-state index in [1.54, 1.807) is 12.1 Å². The van der Waals surface area contributed by atoms with E-state index in [0.717, 1.165) is 70.0 Å². The molecular weight excluding hydrogens is 536 g/mol. The van der Waals surface area contributed by atoms with Crippen LogP contribution in [0.25, 0.3) is 0 Å². The zero-order valence-electron chi connectivity index (χ0n) is 27.3. The summed E-state index contributed by atoms with van der Waals surface area (Å²) in [6.07, 6.45) is 25.5. The SMILES string of the molecule is CCCCCC1(C(=O)O)CCCCC1.CCCCCCCCc1cnc(C(CCC)CCC(=O)Oc2ccccc2)nc1. The van der Waals surface area contributed by atoms with Gasteiger partial charge < -0.3 is 9.84 Å². The van der Waals surface area contributed by atoms with Crippen LogP contribution >= 0.6 is 0 Å². The van der Waals surface area contributed by atoms with Crippen LogP contribution in [0, 0.1) is 5.41 Å². The summed E-state index contributed by atoms with van der Waals surface area (Å²) in [7, 11) is 0. The van der Waals surface area contributed by atoms with Crippen molar-refractivity contribution in [2.75, 3.05) is 0 Å². The Morgan fingerprint density at radius 2 is 1.44 bits per heavy atom. The summed E-state index contributed by atoms with van der Waals surface area (Å²) >= 11 is 0. The number of hydrogen-bond donors (Lipinski definition) is 1. The number of aromatic nitrogens is 2. The maximum Gasteiger partial charge on any atom is 0.311 e. The van der Waals surface area contributed by atoms with E-state index >= 15 is 0 Å². The first-order valence-electron chi connectivity index (χ1n) is 17.2. The van der Waals surface area contributed by atoms with Crippen molar-refractivity contribution in [2.45, 2.75) is 155 Å². The molecule has 6 nitrogen and oxygen atoms in total. The zero-order chi connectivity index (χ0) is 31.2. The number of aryl methyl sites for hydroxylation is 1. The van der Waals surface area contributed by atoms with Crippen molar-refractivity contribution in [1.29, 1.82) is 0 Å². The van der Waals surface area contributed by atoms with Crippen molar-refractivity contribution in [1.82, 2.24) is 9.97 Å². The van der Waals surface area contributed by atoms with Gasteiger partial charge in [0.2, 0.25) is 0 Å². The lowest BCUT2D eigenvalue weighted by atomic mass is 9.71. The molecule has 0 amide bonds. The Balaban J connectivity index is 0.000000385. The van der Waals surface area contributed by atoms with Crippen LogP contribution < -0.4 is 4.74 Å². The second kappa shape index (κ2) is 21.9. The maximum absolute atomic E-state index is 12.2. The zero-order valence-corrected chi connectivity index (χ0v) is 27.3. The number of nitrogens with zero attached hydrogens (tertiary/aromatic N) is 2. The van der Waals surface area contributed by atoms with Gasteiger partial charge in [-0.1, -0.05) is 116 Å². The molecule has 2 aromatic rings. The molecule has 0 bridgehead atoms. The molecule has 240 valence electrons. The first-order valence-corrected chi connectivity index (χ1v) is 17.2. The highest BCUT2D eigenvalue weighted by Gasteiger charge is 2.38. The smallest absolute Gasteiger partial charge is 0.311 e. The van der Waals surface area contributed by atoms with E-state index < -0.39 is 5.97 Å². The number of hydrogen-bond acceptors (Lipinski definition) is 5. The minimum absolute atomic E-state index is 0.197. The number of benzene rings is 1. The molecule has 1 fully saturated rings. The van der Waals surface area contributed by atoms with E-state index in [0.29, 0.717) is 12.2 Å². The van der Waals surface area contributed by atoms with Crippen LogP contribution in [-0.4, -0.2) is 27.0 Å². The van der Waals surface area contributed by atoms with Gasteiger partial charge in [0.05, 0.1) is 5.41 Å². The highest BCUT2D eigenvalue weighted by atomic mass is 16.5. The van der Waals surface area contributed by atoms with Gasteiger partial charge in [-0.15, -0.1) is 0 Å². The van der Waals surface area contributed by atoms with Gasteiger partial charge in [-0.2, -0.15) is 0 Å². The second-order valence-corrected chi connectivity index (χ2v) is 12.4. The normalized spacial score (nSPS) is 14.8. The van der Waals surface area contributed by atoms with Gasteiger partial charge in [0.1, 0.15) is 11.6 Å². The molecule has 0 saturated heterocycles. The Morgan fingerprint density at radius 3 is 2.07 bits per heavy atom. The van der Waals surface area contributed by atoms with E-state index in [-0.39, 0.29) is 17.3 Å². The standard InChI is InChI=1S/C25H36N2O2.C12H22O2/c1-3-5-6-7-8-10-14-21-19-26-25(27-20-21)22(13-4-2)17-18-24(28)29-23-15-11-9-12-16-23;1-2-3-5-8-12(11(13)14)9-6-4-7-10-12/h9,11-12,15-16,19-20,22H,3-8,10,13-14,17-18H2,1-2H3;2-10H2,1H3,(H,13,14). The molecular formula is C37H58N2O4. The van der Waals surface area contributed by atoms with Crippen molar-refractivity contribution < 1.29 is 19.4 Å². The summed E-state index contributed by atoms with van der Waals surface area (Å²) in [5, 5.41) is 9.29. The van der Waals surface area contributed by atoms with Crippen LogP contribution in [0.4, 0.5) is 0 Å². The van der Waals surface area contributed by atoms with Crippen LogP contribution in [0.3, 0.4) is 0 Å². The number of ether oxygens (including phenoxy) is 1. The molecule has 6 heteroatoms. The quantitative estimate of drug-likeness (QED) is 0.0988. The first-order chi connectivity index (χ1) is 20.9. The van der Waals surface area contributed by atoms with Gasteiger partial charge in [-0.05, 0) is 62.6 Å². The lowest BCUT2D eigenvalue weighted by Crippen LogP contribution is -2.33. The van der Waals surface area contributed by atoms with Gasteiger partial charge in [-0.3, -0.25) is 9.59 Å². The van der Waals surface area contributed by atoms with Crippen molar-refractivity contribution in [3.63, 3.8) is 0 Å². The molecule has 0 spiro atoms. The number of carboxylic acid groups (broad SMARTS) is 1. The average Bonchev–Trinajstić information content (AvgIpc) is 3.03. The van der Waals surface area contributed by atoms with E-state index in [9.17, 15) is 14.7 Å². The fourth-order valence-corrected chi connectivity index (χ4v) is 6.04. The number of carboxylic acids is 1. The minimum atomic E-state index is -0.548. The third kappa shape index (κ3) is 14.5. The lowest BCUT2D eigenvalue weighted by Gasteiger charge is -2.33. The summed E-state index contributed by atoms with van der Waals surface area (Å²) in [5.41, 5.74) is 0.857. The van der Waals surface area contributed by atoms with Gasteiger partial charge in [-0.25, -0.2) is 9.97 Å². The van der Waals surface area contributed by atoms with Crippen LogP contribution in [-0.2, 0) is 16.0 Å². The molecule has 0 aliphatic heterocycles. The third-order valence-corrected chi connectivity index (χ3v) is 8.74. The van der Waals surface area contributed by atoms with Crippen LogP contribution in [0.2, 0.25) is 0 Å². The van der Waals surface area contributed by atoms with E-state index in [1.165, 1.54) is 63.4 Å². The molecule has 1 heterocycles. The third-order valence-electron chi connectivity index (χ3n) is 8.74. The molecule has 1 saturated carbocycles. The summed E-state index contributed by atoms with van der Waals surface area (Å²) in [4.78, 5) is 32.7. The van der Waals surface area contributed by atoms with Crippen molar-refractivity contribution in [2.24, 2.45) is 5.41 Å². The molecule has 1 unspecified atom stereocenters. The number of esters is 1. The summed E-state index contributed by atoms with van der Waals surface area (Å²) in [6, 6.07) is 9.23. The van der Waals surface area contributed by atoms with Gasteiger partial charge in [0.25, 0.3) is 0 Å². The monoisotopic (exact) mass is 594 g/mol. The largest absolute Gasteiger partial charge is 0.481 e. The van der Waals surface area contributed by atoms with Gasteiger partial charge in [0, 0.05) is 24.7 Å². The van der Waals surface area contributed by atoms with Crippen molar-refractivity contribution in [3.05, 3.63) is 54.1 Å². The van der Waals surface area contributed by atoms with E-state index in [1.807, 2.05) is 30.6 Å². The number of carbonyl (C=O) groups excluding carboxylic acids is 1. The Labute approximate surface area is 261 Å². The van der Waals surface area contributed by atoms with Gasteiger partial charge in [0.15, 0.2) is 0 Å². The molecule has 1 aliphatic rings. The maximum atomic E-state index is 12.2. The molecule has 43 heavy (non-hydrogen) atoms. The summed E-state index contributed by atoms with van der Waals surface area (Å²) in [6.45, 7) is 6.56. The second-order valence-electron chi connectivity index (χ2n) is 12.4. The molecule has 1 atom stereocenters. The molecule has 0 radical (unpaired) electrons. The lowest BCUT2D eigenvalue weighted by molar-refractivity contribution is -0.151. The molecule has 1 aromatic carbocycles. The average molecular weight is 595 g/mol. The Kier molecular flexibility index (Phi) is 18.5. The Hall–Kier alpha value is -2.76. The van der Waals surface area contributed by atoms with Crippen LogP contribution in [0.5, 0.6) is 5.75 Å². The fraction of sp³-hybridized carbons (Fsp3) is 0.676. The first kappa shape index (κ1) is 36.4. The number of aliphatic carboxylic acids is 1. The fourth-order valence-electron chi connectivity index (χ4n) is 6.04. The minimum Gasteiger partial charge on any atom is -0.481 e. The predicted molar refractivity (Wildman–Crippen MR) is 175 cm³/mol. The van der Waals surface area contributed by atoms with Gasteiger partial charge >= 0.3 is 11.9 Å². The summed E-state index contributed by atoms with van der Waals surface area (Å²) < 4.78 is 5.40. The predicted octanol–water partition coefficient (Wildman–Crippen LogP) is 10.3. The van der Waals surface area contributed by atoms with Crippen molar-refractivity contribution in [3.8, 4) is 5.75 Å². The molecule has 1 N–H and O–H groups in total. The topological polar surface area (TPSA) is 89.4 Å². The van der Waals surface area contributed by atoms with E-state index in [2.05, 4.69) is 30.7 Å².